The van der Waals surface area contributed by atoms with Crippen molar-refractivity contribution in [1.29, 1.82) is 0 Å². The highest BCUT2D eigenvalue weighted by atomic mass is 16.2. The van der Waals surface area contributed by atoms with E-state index in [1.165, 1.54) is 4.90 Å². The summed E-state index contributed by atoms with van der Waals surface area (Å²) in [6.07, 6.45) is 0.421. The molecule has 0 aromatic heterocycles. The summed E-state index contributed by atoms with van der Waals surface area (Å²) in [5.74, 6) is -0.797. The molecule has 0 bridgehead atoms. The van der Waals surface area contributed by atoms with Crippen LogP contribution in [0.5, 0.6) is 0 Å². The Kier molecular flexibility index (Phi) is 4.78. The van der Waals surface area contributed by atoms with Gasteiger partial charge in [0, 0.05) is 25.1 Å². The summed E-state index contributed by atoms with van der Waals surface area (Å²) >= 11 is 0. The monoisotopic (exact) mass is 425 g/mol. The fourth-order valence-corrected chi connectivity index (χ4v) is 4.71. The number of anilines is 2. The van der Waals surface area contributed by atoms with Gasteiger partial charge in [-0.05, 0) is 36.2 Å². The first-order valence-corrected chi connectivity index (χ1v) is 10.7. The molecule has 1 N–H and O–H groups in total. The first-order chi connectivity index (χ1) is 15.5. The van der Waals surface area contributed by atoms with Gasteiger partial charge in [0.1, 0.15) is 0 Å². The maximum Gasteiger partial charge on any atom is 0.271 e. The van der Waals surface area contributed by atoms with Crippen LogP contribution in [0.3, 0.4) is 0 Å². The molecule has 6 nitrogen and oxygen atoms in total. The molecule has 1 saturated heterocycles. The minimum atomic E-state index is -1.43. The summed E-state index contributed by atoms with van der Waals surface area (Å²) in [7, 11) is 0. The second kappa shape index (κ2) is 7.64. The van der Waals surface area contributed by atoms with Crippen LogP contribution < -0.4 is 10.2 Å². The van der Waals surface area contributed by atoms with Crippen molar-refractivity contribution < 1.29 is 14.4 Å². The lowest BCUT2D eigenvalue weighted by atomic mass is 9.94. The molecule has 5 rings (SSSR count). The van der Waals surface area contributed by atoms with Gasteiger partial charge in [-0.2, -0.15) is 0 Å². The van der Waals surface area contributed by atoms with Crippen molar-refractivity contribution in [3.8, 4) is 0 Å². The Morgan fingerprint density at radius 2 is 1.62 bits per heavy atom. The maximum atomic E-state index is 13.9. The normalized spacial score (nSPS) is 19.5. The van der Waals surface area contributed by atoms with Crippen molar-refractivity contribution in [2.45, 2.75) is 32.0 Å². The van der Waals surface area contributed by atoms with Crippen LogP contribution in [-0.2, 0) is 16.1 Å². The van der Waals surface area contributed by atoms with Crippen molar-refractivity contribution in [3.63, 3.8) is 0 Å². The molecule has 1 atom stereocenters. The molecule has 0 radical (unpaired) electrons. The van der Waals surface area contributed by atoms with Crippen LogP contribution in [-0.4, -0.2) is 28.3 Å². The fourth-order valence-electron chi connectivity index (χ4n) is 4.71. The molecule has 2 aliphatic heterocycles. The summed E-state index contributed by atoms with van der Waals surface area (Å²) in [5.41, 5.74) is 1.95. The van der Waals surface area contributed by atoms with Crippen LogP contribution in [0, 0.1) is 6.92 Å². The smallest absolute Gasteiger partial charge is 0.271 e. The summed E-state index contributed by atoms with van der Waals surface area (Å²) in [5, 5.41) is 3.00. The predicted molar refractivity (Wildman–Crippen MR) is 122 cm³/mol. The number of amides is 3. The number of hydrogen-bond donors (Lipinski definition) is 1. The molecule has 0 saturated carbocycles. The van der Waals surface area contributed by atoms with E-state index in [9.17, 15) is 14.4 Å². The van der Waals surface area contributed by atoms with Gasteiger partial charge in [0.2, 0.25) is 11.6 Å². The minimum Gasteiger partial charge on any atom is -0.322 e. The van der Waals surface area contributed by atoms with E-state index >= 15 is 0 Å². The zero-order chi connectivity index (χ0) is 22.3. The van der Waals surface area contributed by atoms with Crippen molar-refractivity contribution >= 4 is 29.1 Å². The van der Waals surface area contributed by atoms with Crippen LogP contribution in [0.1, 0.15) is 34.3 Å². The van der Waals surface area contributed by atoms with Gasteiger partial charge in [0.25, 0.3) is 11.8 Å². The van der Waals surface area contributed by atoms with Crippen LogP contribution in [0.2, 0.25) is 0 Å². The Morgan fingerprint density at radius 3 is 2.41 bits per heavy atom. The maximum absolute atomic E-state index is 13.9. The van der Waals surface area contributed by atoms with Gasteiger partial charge in [0.15, 0.2) is 0 Å². The number of fused-ring (bicyclic) bond motifs is 3. The van der Waals surface area contributed by atoms with E-state index in [1.807, 2.05) is 61.5 Å². The molecule has 0 aliphatic carbocycles. The topological polar surface area (TPSA) is 69.7 Å². The second-order valence-electron chi connectivity index (χ2n) is 8.21. The van der Waals surface area contributed by atoms with E-state index in [-0.39, 0.29) is 37.1 Å². The lowest BCUT2D eigenvalue weighted by Gasteiger charge is -2.49. The molecule has 0 spiro atoms. The Hall–Kier alpha value is -3.93. The van der Waals surface area contributed by atoms with E-state index < -0.39 is 5.66 Å². The van der Waals surface area contributed by atoms with Gasteiger partial charge in [-0.1, -0.05) is 60.7 Å². The quantitative estimate of drug-likeness (QED) is 0.684. The third-order valence-corrected chi connectivity index (χ3v) is 6.31. The molecule has 160 valence electrons. The first-order valence-electron chi connectivity index (χ1n) is 10.7. The Morgan fingerprint density at radius 1 is 0.938 bits per heavy atom. The Balaban J connectivity index is 1.66. The van der Waals surface area contributed by atoms with E-state index in [1.54, 1.807) is 29.2 Å². The van der Waals surface area contributed by atoms with Crippen molar-refractivity contribution in [3.05, 3.63) is 95.6 Å². The zero-order valence-corrected chi connectivity index (χ0v) is 17.7. The highest BCUT2D eigenvalue weighted by molar-refractivity contribution is 6.18. The standard InChI is InChI=1S/C26H23N3O3/c1-18-9-5-7-13-21(18)27-25(32)26-16-15-23(30)29(26)22-14-8-6-12-20(22)24(31)28(26)17-19-10-3-2-4-11-19/h2-14H,15-17H2,1H3,(H,27,32). The van der Waals surface area contributed by atoms with E-state index in [0.717, 1.165) is 11.1 Å². The lowest BCUT2D eigenvalue weighted by molar-refractivity contribution is -0.129. The predicted octanol–water partition coefficient (Wildman–Crippen LogP) is 4.11. The molecule has 3 amide bonds. The molecular weight excluding hydrogens is 402 g/mol. The number of nitrogens with one attached hydrogen (secondary N) is 1. The Labute approximate surface area is 186 Å². The van der Waals surface area contributed by atoms with E-state index in [2.05, 4.69) is 5.32 Å². The van der Waals surface area contributed by atoms with Crippen molar-refractivity contribution in [2.75, 3.05) is 10.2 Å². The number of carbonyl (C=O) groups is 3. The largest absolute Gasteiger partial charge is 0.322 e. The van der Waals surface area contributed by atoms with Gasteiger partial charge >= 0.3 is 0 Å². The molecule has 1 fully saturated rings. The van der Waals surface area contributed by atoms with Crippen LogP contribution >= 0.6 is 0 Å². The third kappa shape index (κ3) is 2.99. The molecule has 3 aromatic carbocycles. The number of aryl methyl sites for hydroxylation is 1. The van der Waals surface area contributed by atoms with Gasteiger partial charge in [-0.15, -0.1) is 0 Å². The zero-order valence-electron chi connectivity index (χ0n) is 17.7. The van der Waals surface area contributed by atoms with Crippen LogP contribution in [0.4, 0.5) is 11.4 Å². The van der Waals surface area contributed by atoms with Gasteiger partial charge in [-0.25, -0.2) is 0 Å². The molecule has 2 aliphatic rings. The van der Waals surface area contributed by atoms with Crippen LogP contribution in [0.25, 0.3) is 0 Å². The fraction of sp³-hybridized carbons (Fsp3) is 0.192. The molecule has 6 heteroatoms. The molecule has 1 unspecified atom stereocenters. The average Bonchev–Trinajstić information content (AvgIpc) is 3.17. The van der Waals surface area contributed by atoms with Gasteiger partial charge in [-0.3, -0.25) is 19.3 Å². The third-order valence-electron chi connectivity index (χ3n) is 6.31. The number of para-hydroxylation sites is 2. The first kappa shape index (κ1) is 20.0. The lowest BCUT2D eigenvalue weighted by Crippen LogP contribution is -2.69. The van der Waals surface area contributed by atoms with Gasteiger partial charge in [0.05, 0.1) is 11.3 Å². The summed E-state index contributed by atoms with van der Waals surface area (Å²) in [6, 6.07) is 24.0. The molecular formula is C26H23N3O3. The molecule has 3 aromatic rings. The highest BCUT2D eigenvalue weighted by Gasteiger charge is 2.60. The summed E-state index contributed by atoms with van der Waals surface area (Å²) in [4.78, 5) is 43.8. The SMILES string of the molecule is Cc1ccccc1NC(=O)C12CCC(=O)N1c1ccccc1C(=O)N2Cc1ccccc1. The Bertz CT molecular complexity index is 1220. The average molecular weight is 425 g/mol. The highest BCUT2D eigenvalue weighted by Crippen LogP contribution is 2.45. The number of rotatable bonds is 4. The second-order valence-corrected chi connectivity index (χ2v) is 8.21. The van der Waals surface area contributed by atoms with Crippen molar-refractivity contribution in [2.24, 2.45) is 0 Å². The number of nitrogens with zero attached hydrogens (tertiary/aromatic N) is 2. The van der Waals surface area contributed by atoms with E-state index in [4.69, 9.17) is 0 Å². The number of benzene rings is 3. The molecule has 32 heavy (non-hydrogen) atoms. The number of hydrogen-bond acceptors (Lipinski definition) is 3. The minimum absolute atomic E-state index is 0.164. The van der Waals surface area contributed by atoms with Crippen LogP contribution in [0.15, 0.2) is 78.9 Å². The summed E-state index contributed by atoms with van der Waals surface area (Å²) < 4.78 is 0. The number of carbonyl (C=O) groups excluding carboxylic acids is 3. The van der Waals surface area contributed by atoms with E-state index in [0.29, 0.717) is 16.9 Å². The summed E-state index contributed by atoms with van der Waals surface area (Å²) in [6.45, 7) is 2.13. The molecule has 2 heterocycles. The van der Waals surface area contributed by atoms with Crippen molar-refractivity contribution in [1.82, 2.24) is 4.90 Å². The van der Waals surface area contributed by atoms with Gasteiger partial charge < -0.3 is 10.2 Å².